The van der Waals surface area contributed by atoms with Crippen molar-refractivity contribution < 1.29 is 4.74 Å². The standard InChI is InChI=1S/C13H18ClN3O/c1-3-13(9-18-2)8-16-12(15)17(13)11-6-4-10(14)5-7-11/h4-7H,3,8-9H2,1-2H3,(H2,15,16). The zero-order chi connectivity index (χ0) is 13.2. The van der Waals surface area contributed by atoms with Gasteiger partial charge >= 0.3 is 0 Å². The number of nitrogens with two attached hydrogens (primary N) is 1. The smallest absolute Gasteiger partial charge is 0.196 e. The van der Waals surface area contributed by atoms with Gasteiger partial charge in [0.05, 0.1) is 18.7 Å². The fourth-order valence-electron chi connectivity index (χ4n) is 2.36. The van der Waals surface area contributed by atoms with Crippen molar-refractivity contribution >= 4 is 23.2 Å². The Balaban J connectivity index is 2.37. The first-order chi connectivity index (χ1) is 8.63. The maximum Gasteiger partial charge on any atom is 0.196 e. The average Bonchev–Trinajstić information content (AvgIpc) is 2.69. The van der Waals surface area contributed by atoms with Crippen LogP contribution in [0.15, 0.2) is 29.3 Å². The number of aliphatic imine (C=N–C) groups is 1. The molecule has 0 saturated carbocycles. The van der Waals surface area contributed by atoms with Crippen LogP contribution in [0, 0.1) is 0 Å². The molecule has 2 rings (SSSR count). The van der Waals surface area contributed by atoms with E-state index in [1.807, 2.05) is 29.2 Å². The van der Waals surface area contributed by atoms with Gasteiger partial charge in [-0.1, -0.05) is 18.5 Å². The van der Waals surface area contributed by atoms with Gasteiger partial charge in [0.2, 0.25) is 0 Å². The van der Waals surface area contributed by atoms with Crippen LogP contribution >= 0.6 is 11.6 Å². The van der Waals surface area contributed by atoms with Crippen LogP contribution < -0.4 is 10.6 Å². The van der Waals surface area contributed by atoms with Crippen LogP contribution in [0.5, 0.6) is 0 Å². The topological polar surface area (TPSA) is 50.9 Å². The minimum atomic E-state index is -0.188. The highest BCUT2D eigenvalue weighted by molar-refractivity contribution is 6.30. The van der Waals surface area contributed by atoms with Crippen LogP contribution in [0.2, 0.25) is 5.02 Å². The Kier molecular flexibility index (Phi) is 3.78. The molecular formula is C13H18ClN3O. The Morgan fingerprint density at radius 1 is 1.44 bits per heavy atom. The lowest BCUT2D eigenvalue weighted by Crippen LogP contribution is -2.54. The molecule has 1 unspecified atom stereocenters. The van der Waals surface area contributed by atoms with E-state index in [1.54, 1.807) is 7.11 Å². The van der Waals surface area contributed by atoms with Gasteiger partial charge < -0.3 is 15.4 Å². The van der Waals surface area contributed by atoms with Gasteiger partial charge in [0, 0.05) is 17.8 Å². The normalized spacial score (nSPS) is 23.3. The first kappa shape index (κ1) is 13.2. The minimum Gasteiger partial charge on any atom is -0.382 e. The van der Waals surface area contributed by atoms with Crippen molar-refractivity contribution in [1.82, 2.24) is 0 Å². The van der Waals surface area contributed by atoms with E-state index in [9.17, 15) is 0 Å². The van der Waals surface area contributed by atoms with E-state index in [0.717, 1.165) is 12.1 Å². The summed E-state index contributed by atoms with van der Waals surface area (Å²) < 4.78 is 5.35. The first-order valence-corrected chi connectivity index (χ1v) is 6.35. The molecule has 1 heterocycles. The van der Waals surface area contributed by atoms with Crippen molar-refractivity contribution in [3.05, 3.63) is 29.3 Å². The third-order valence-corrected chi connectivity index (χ3v) is 3.65. The summed E-state index contributed by atoms with van der Waals surface area (Å²) in [7, 11) is 1.70. The SMILES string of the molecule is CCC1(COC)CN=C(N)N1c1ccc(Cl)cc1. The van der Waals surface area contributed by atoms with Crippen LogP contribution in [0.3, 0.4) is 0 Å². The molecule has 2 N–H and O–H groups in total. The van der Waals surface area contributed by atoms with Crippen molar-refractivity contribution in [2.45, 2.75) is 18.9 Å². The highest BCUT2D eigenvalue weighted by Gasteiger charge is 2.41. The highest BCUT2D eigenvalue weighted by Crippen LogP contribution is 2.32. The monoisotopic (exact) mass is 267 g/mol. The van der Waals surface area contributed by atoms with Gasteiger partial charge in [-0.05, 0) is 30.7 Å². The third kappa shape index (κ3) is 2.18. The van der Waals surface area contributed by atoms with E-state index < -0.39 is 0 Å². The summed E-state index contributed by atoms with van der Waals surface area (Å²) in [5, 5.41) is 0.710. The molecule has 0 radical (unpaired) electrons. The molecule has 1 aromatic carbocycles. The molecule has 98 valence electrons. The zero-order valence-corrected chi connectivity index (χ0v) is 11.4. The van der Waals surface area contributed by atoms with Gasteiger partial charge in [-0.25, -0.2) is 0 Å². The molecule has 0 aromatic heterocycles. The maximum atomic E-state index is 6.02. The van der Waals surface area contributed by atoms with Crippen molar-refractivity contribution in [1.29, 1.82) is 0 Å². The Morgan fingerprint density at radius 3 is 2.67 bits per heavy atom. The number of hydrogen-bond acceptors (Lipinski definition) is 4. The molecule has 0 bridgehead atoms. The second-order valence-corrected chi connectivity index (χ2v) is 4.93. The Bertz CT molecular complexity index is 446. The second-order valence-electron chi connectivity index (χ2n) is 4.50. The van der Waals surface area contributed by atoms with Crippen molar-refractivity contribution in [2.75, 3.05) is 25.2 Å². The van der Waals surface area contributed by atoms with E-state index in [2.05, 4.69) is 11.9 Å². The maximum absolute atomic E-state index is 6.02. The van der Waals surface area contributed by atoms with Gasteiger partial charge in [-0.2, -0.15) is 0 Å². The van der Waals surface area contributed by atoms with E-state index >= 15 is 0 Å². The number of ether oxygens (including phenoxy) is 1. The van der Waals surface area contributed by atoms with Crippen molar-refractivity contribution in [3.8, 4) is 0 Å². The molecule has 0 spiro atoms. The molecule has 1 aliphatic rings. The lowest BCUT2D eigenvalue weighted by Gasteiger charge is -2.38. The van der Waals surface area contributed by atoms with Crippen LogP contribution in [0.25, 0.3) is 0 Å². The van der Waals surface area contributed by atoms with E-state index in [0.29, 0.717) is 24.1 Å². The molecule has 5 heteroatoms. The average molecular weight is 268 g/mol. The second kappa shape index (κ2) is 5.16. The summed E-state index contributed by atoms with van der Waals surface area (Å²) in [5.74, 6) is 0.538. The molecule has 0 amide bonds. The number of rotatable bonds is 4. The van der Waals surface area contributed by atoms with Gasteiger partial charge in [-0.15, -0.1) is 0 Å². The van der Waals surface area contributed by atoms with Crippen LogP contribution in [0.4, 0.5) is 5.69 Å². The number of anilines is 1. The fraction of sp³-hybridized carbons (Fsp3) is 0.462. The van der Waals surface area contributed by atoms with Gasteiger partial charge in [-0.3, -0.25) is 4.99 Å². The number of halogens is 1. The van der Waals surface area contributed by atoms with Gasteiger partial charge in [0.1, 0.15) is 0 Å². The first-order valence-electron chi connectivity index (χ1n) is 5.97. The largest absolute Gasteiger partial charge is 0.382 e. The molecule has 1 aromatic rings. The molecule has 1 atom stereocenters. The lowest BCUT2D eigenvalue weighted by atomic mass is 9.95. The van der Waals surface area contributed by atoms with Crippen LogP contribution in [-0.4, -0.2) is 31.8 Å². The molecular weight excluding hydrogens is 250 g/mol. The van der Waals surface area contributed by atoms with Crippen molar-refractivity contribution in [2.24, 2.45) is 10.7 Å². The molecule has 0 fully saturated rings. The summed E-state index contributed by atoms with van der Waals surface area (Å²) in [4.78, 5) is 6.42. The zero-order valence-electron chi connectivity index (χ0n) is 10.7. The molecule has 0 aliphatic carbocycles. The number of benzene rings is 1. The van der Waals surface area contributed by atoms with Crippen LogP contribution in [0.1, 0.15) is 13.3 Å². The number of nitrogens with zero attached hydrogens (tertiary/aromatic N) is 2. The van der Waals surface area contributed by atoms with Crippen LogP contribution in [-0.2, 0) is 4.74 Å². The summed E-state index contributed by atoms with van der Waals surface area (Å²) in [5.41, 5.74) is 6.83. The predicted molar refractivity (Wildman–Crippen MR) is 75.3 cm³/mol. The molecule has 18 heavy (non-hydrogen) atoms. The highest BCUT2D eigenvalue weighted by atomic mass is 35.5. The summed E-state index contributed by atoms with van der Waals surface area (Å²) in [6, 6.07) is 7.62. The van der Waals surface area contributed by atoms with Gasteiger partial charge in [0.25, 0.3) is 0 Å². The van der Waals surface area contributed by atoms with Crippen molar-refractivity contribution in [3.63, 3.8) is 0 Å². The Morgan fingerprint density at radius 2 is 2.11 bits per heavy atom. The summed E-state index contributed by atoms with van der Waals surface area (Å²) in [6.45, 7) is 3.37. The predicted octanol–water partition coefficient (Wildman–Crippen LogP) is 2.27. The lowest BCUT2D eigenvalue weighted by molar-refractivity contribution is 0.138. The van der Waals surface area contributed by atoms with E-state index in [4.69, 9.17) is 22.1 Å². The Hall–Kier alpha value is -1.26. The van der Waals surface area contributed by atoms with E-state index in [1.165, 1.54) is 0 Å². The summed E-state index contributed by atoms with van der Waals surface area (Å²) in [6.07, 6.45) is 0.910. The quantitative estimate of drug-likeness (QED) is 0.911. The molecule has 4 nitrogen and oxygen atoms in total. The molecule has 1 aliphatic heterocycles. The number of hydrogen-bond donors (Lipinski definition) is 1. The fourth-order valence-corrected chi connectivity index (χ4v) is 2.49. The summed E-state index contributed by atoms with van der Waals surface area (Å²) >= 11 is 5.92. The minimum absolute atomic E-state index is 0.188. The number of methoxy groups -OCH3 is 1. The molecule has 0 saturated heterocycles. The third-order valence-electron chi connectivity index (χ3n) is 3.39. The van der Waals surface area contributed by atoms with E-state index in [-0.39, 0.29) is 5.54 Å². The Labute approximate surface area is 112 Å². The van der Waals surface area contributed by atoms with Gasteiger partial charge in [0.15, 0.2) is 5.96 Å². The number of guanidine groups is 1.